The number of aliphatic hydroxyl groups is 1. The number of aryl methyl sites for hydroxylation is 1. The van der Waals surface area contributed by atoms with Gasteiger partial charge < -0.3 is 10.4 Å². The number of benzene rings is 1. The second-order valence-corrected chi connectivity index (χ2v) is 6.12. The minimum atomic E-state index is -0.705. The normalized spacial score (nSPS) is 27.1. The smallest absolute Gasteiger partial charge is 0.0971 e. The molecule has 1 aromatic carbocycles. The molecule has 1 fully saturated rings. The zero-order valence-corrected chi connectivity index (χ0v) is 11.8. The number of hydrogen-bond acceptors (Lipinski definition) is 2. The van der Waals surface area contributed by atoms with Crippen LogP contribution in [0.5, 0.6) is 0 Å². The van der Waals surface area contributed by atoms with E-state index in [-0.39, 0.29) is 5.41 Å². The molecule has 0 aromatic heterocycles. The second kappa shape index (κ2) is 5.02. The third-order valence-corrected chi connectivity index (χ3v) is 4.32. The van der Waals surface area contributed by atoms with Crippen molar-refractivity contribution in [1.29, 1.82) is 0 Å². The number of piperidine rings is 1. The third kappa shape index (κ3) is 2.32. The van der Waals surface area contributed by atoms with E-state index in [4.69, 9.17) is 0 Å². The summed E-state index contributed by atoms with van der Waals surface area (Å²) in [7, 11) is 0. The lowest BCUT2D eigenvalue weighted by Crippen LogP contribution is -2.53. The summed E-state index contributed by atoms with van der Waals surface area (Å²) in [6, 6.07) is 8.54. The summed E-state index contributed by atoms with van der Waals surface area (Å²) in [5.41, 5.74) is 1.59. The van der Waals surface area contributed by atoms with Crippen molar-refractivity contribution in [3.63, 3.8) is 0 Å². The van der Waals surface area contributed by atoms with Crippen LogP contribution >= 0.6 is 0 Å². The Bertz CT molecular complexity index is 396. The number of nitrogens with one attached hydrogen (secondary N) is 1. The SMILES string of the molecule is CCCc1ccc(C2(O)CCNCC2(C)C)cc1. The molecule has 2 N–H and O–H groups in total. The van der Waals surface area contributed by atoms with E-state index in [0.717, 1.165) is 31.5 Å². The quantitative estimate of drug-likeness (QED) is 0.861. The van der Waals surface area contributed by atoms with Gasteiger partial charge in [-0.15, -0.1) is 0 Å². The lowest BCUT2D eigenvalue weighted by Gasteiger charge is -2.47. The van der Waals surface area contributed by atoms with Gasteiger partial charge >= 0.3 is 0 Å². The van der Waals surface area contributed by atoms with Crippen LogP contribution in [0.1, 0.15) is 44.7 Å². The van der Waals surface area contributed by atoms with Crippen molar-refractivity contribution >= 4 is 0 Å². The minimum absolute atomic E-state index is 0.127. The van der Waals surface area contributed by atoms with Gasteiger partial charge in [0.15, 0.2) is 0 Å². The maximum Gasteiger partial charge on any atom is 0.0971 e. The monoisotopic (exact) mass is 247 g/mol. The first-order valence-electron chi connectivity index (χ1n) is 7.02. The standard InChI is InChI=1S/C16H25NO/c1-4-5-13-6-8-14(9-7-13)16(18)10-11-17-12-15(16,2)3/h6-9,17-18H,4-5,10-12H2,1-3H3. The van der Waals surface area contributed by atoms with E-state index in [0.29, 0.717) is 0 Å². The van der Waals surface area contributed by atoms with E-state index < -0.39 is 5.60 Å². The van der Waals surface area contributed by atoms with Gasteiger partial charge in [-0.3, -0.25) is 0 Å². The van der Waals surface area contributed by atoms with Crippen molar-refractivity contribution in [3.05, 3.63) is 35.4 Å². The lowest BCUT2D eigenvalue weighted by molar-refractivity contribution is -0.0944. The molecule has 1 aliphatic heterocycles. The Kier molecular flexibility index (Phi) is 3.79. The second-order valence-electron chi connectivity index (χ2n) is 6.12. The van der Waals surface area contributed by atoms with Crippen molar-refractivity contribution < 1.29 is 5.11 Å². The molecular formula is C16H25NO. The number of rotatable bonds is 3. The highest BCUT2D eigenvalue weighted by atomic mass is 16.3. The summed E-state index contributed by atoms with van der Waals surface area (Å²) in [5, 5.41) is 14.4. The van der Waals surface area contributed by atoms with Crippen LogP contribution in [-0.2, 0) is 12.0 Å². The van der Waals surface area contributed by atoms with E-state index in [9.17, 15) is 5.11 Å². The van der Waals surface area contributed by atoms with Crippen molar-refractivity contribution in [3.8, 4) is 0 Å². The molecule has 0 bridgehead atoms. The Balaban J connectivity index is 2.28. The summed E-state index contributed by atoms with van der Waals surface area (Å²) in [6.07, 6.45) is 3.07. The van der Waals surface area contributed by atoms with Crippen molar-refractivity contribution in [2.24, 2.45) is 5.41 Å². The van der Waals surface area contributed by atoms with Crippen molar-refractivity contribution in [1.82, 2.24) is 5.32 Å². The Hall–Kier alpha value is -0.860. The first-order valence-corrected chi connectivity index (χ1v) is 7.02. The van der Waals surface area contributed by atoms with Gasteiger partial charge in [-0.2, -0.15) is 0 Å². The summed E-state index contributed by atoms with van der Waals surface area (Å²) < 4.78 is 0. The van der Waals surface area contributed by atoms with Gasteiger partial charge in [0.2, 0.25) is 0 Å². The van der Waals surface area contributed by atoms with E-state index >= 15 is 0 Å². The molecule has 0 radical (unpaired) electrons. The Morgan fingerprint density at radius 2 is 1.89 bits per heavy atom. The molecule has 0 amide bonds. The first-order chi connectivity index (χ1) is 8.49. The highest BCUT2D eigenvalue weighted by molar-refractivity contribution is 5.30. The van der Waals surface area contributed by atoms with Gasteiger partial charge in [0.05, 0.1) is 5.60 Å². The van der Waals surface area contributed by atoms with Crippen molar-refractivity contribution in [2.45, 2.75) is 45.6 Å². The molecule has 0 aliphatic carbocycles. The average molecular weight is 247 g/mol. The first kappa shape index (κ1) is 13.6. The molecule has 1 aliphatic rings. The molecule has 2 rings (SSSR count). The molecule has 0 saturated carbocycles. The molecular weight excluding hydrogens is 222 g/mol. The van der Waals surface area contributed by atoms with Crippen LogP contribution in [0, 0.1) is 5.41 Å². The Morgan fingerprint density at radius 3 is 2.44 bits per heavy atom. The molecule has 1 unspecified atom stereocenters. The summed E-state index contributed by atoms with van der Waals surface area (Å²) in [5.74, 6) is 0. The Morgan fingerprint density at radius 1 is 1.22 bits per heavy atom. The Labute approximate surface area is 110 Å². The van der Waals surface area contributed by atoms with Gasteiger partial charge in [0.1, 0.15) is 0 Å². The van der Waals surface area contributed by atoms with Gasteiger partial charge in [-0.05, 0) is 30.5 Å². The van der Waals surface area contributed by atoms with Gasteiger partial charge in [-0.25, -0.2) is 0 Å². The van der Waals surface area contributed by atoms with Crippen LogP contribution in [0.25, 0.3) is 0 Å². The van der Waals surface area contributed by atoms with Crippen LogP contribution < -0.4 is 5.32 Å². The van der Waals surface area contributed by atoms with Gasteiger partial charge in [-0.1, -0.05) is 51.5 Å². The molecule has 1 aromatic rings. The summed E-state index contributed by atoms with van der Waals surface area (Å²) in [6.45, 7) is 8.21. The predicted molar refractivity (Wildman–Crippen MR) is 75.6 cm³/mol. The summed E-state index contributed by atoms with van der Waals surface area (Å²) >= 11 is 0. The highest BCUT2D eigenvalue weighted by Gasteiger charge is 2.46. The van der Waals surface area contributed by atoms with Gasteiger partial charge in [0.25, 0.3) is 0 Å². The highest BCUT2D eigenvalue weighted by Crippen LogP contribution is 2.43. The molecule has 2 heteroatoms. The molecule has 1 saturated heterocycles. The lowest BCUT2D eigenvalue weighted by atomic mass is 9.67. The predicted octanol–water partition coefficient (Wildman–Crippen LogP) is 2.85. The minimum Gasteiger partial charge on any atom is -0.385 e. The van der Waals surface area contributed by atoms with Crippen LogP contribution in [0.4, 0.5) is 0 Å². The summed E-state index contributed by atoms with van der Waals surface area (Å²) in [4.78, 5) is 0. The van der Waals surface area contributed by atoms with E-state index in [1.807, 2.05) is 0 Å². The van der Waals surface area contributed by atoms with E-state index in [1.54, 1.807) is 0 Å². The fourth-order valence-corrected chi connectivity index (χ4v) is 2.93. The molecule has 2 nitrogen and oxygen atoms in total. The number of hydrogen-bond donors (Lipinski definition) is 2. The van der Waals surface area contributed by atoms with Crippen LogP contribution in [0.2, 0.25) is 0 Å². The largest absolute Gasteiger partial charge is 0.385 e. The maximum atomic E-state index is 11.1. The van der Waals surface area contributed by atoms with Gasteiger partial charge in [0, 0.05) is 12.0 Å². The zero-order valence-electron chi connectivity index (χ0n) is 11.8. The van der Waals surface area contributed by atoms with Crippen molar-refractivity contribution in [2.75, 3.05) is 13.1 Å². The van der Waals surface area contributed by atoms with E-state index in [1.165, 1.54) is 12.0 Å². The molecule has 1 heterocycles. The molecule has 18 heavy (non-hydrogen) atoms. The third-order valence-electron chi connectivity index (χ3n) is 4.32. The molecule has 1 atom stereocenters. The van der Waals surface area contributed by atoms with Crippen LogP contribution in [-0.4, -0.2) is 18.2 Å². The van der Waals surface area contributed by atoms with Crippen LogP contribution in [0.3, 0.4) is 0 Å². The van der Waals surface area contributed by atoms with Crippen LogP contribution in [0.15, 0.2) is 24.3 Å². The molecule has 0 spiro atoms. The zero-order chi connectivity index (χ0) is 13.2. The molecule has 100 valence electrons. The fraction of sp³-hybridized carbons (Fsp3) is 0.625. The van der Waals surface area contributed by atoms with E-state index in [2.05, 4.69) is 50.4 Å². The maximum absolute atomic E-state index is 11.1. The fourth-order valence-electron chi connectivity index (χ4n) is 2.93. The average Bonchev–Trinajstić information content (AvgIpc) is 2.34. The topological polar surface area (TPSA) is 32.3 Å².